The average Bonchev–Trinajstić information content (AvgIpc) is 3.50. The zero-order chi connectivity index (χ0) is 23.4. The summed E-state index contributed by atoms with van der Waals surface area (Å²) in [6.07, 6.45) is 9.11. The second-order valence-electron chi connectivity index (χ2n) is 8.57. The maximum Gasteiger partial charge on any atom is 0.257 e. The Morgan fingerprint density at radius 2 is 1.71 bits per heavy atom. The highest BCUT2D eigenvalue weighted by atomic mass is 19.1. The van der Waals surface area contributed by atoms with E-state index in [1.54, 1.807) is 17.2 Å². The standard InChI is InChI=1S/C26H21FN6O/c1-16-10-17(2)30-26(29-16)33-13-18-11-32(12-19(18)14-33)25(34)23-20(24-21(27)6-5-8-28-24)15-31-9-4-3-7-22(23)31/h3-10,13-15H,11-12H2,1-2H3. The second-order valence-corrected chi connectivity index (χ2v) is 8.57. The van der Waals surface area contributed by atoms with Crippen LogP contribution in [-0.4, -0.2) is 34.7 Å². The van der Waals surface area contributed by atoms with Gasteiger partial charge in [0.25, 0.3) is 5.91 Å². The summed E-state index contributed by atoms with van der Waals surface area (Å²) in [7, 11) is 0. The first kappa shape index (κ1) is 20.3. The number of carbonyl (C=O) groups is 1. The average molecular weight is 452 g/mol. The Labute approximate surface area is 195 Å². The molecule has 34 heavy (non-hydrogen) atoms. The van der Waals surface area contributed by atoms with Crippen molar-refractivity contribution >= 4 is 11.4 Å². The lowest BCUT2D eigenvalue weighted by Crippen LogP contribution is -2.26. The summed E-state index contributed by atoms with van der Waals surface area (Å²) < 4.78 is 18.4. The van der Waals surface area contributed by atoms with Crippen LogP contribution in [0.5, 0.6) is 0 Å². The Bertz CT molecular complexity index is 1540. The Kier molecular flexibility index (Phi) is 4.55. The first-order valence-corrected chi connectivity index (χ1v) is 11.0. The van der Waals surface area contributed by atoms with Crippen molar-refractivity contribution in [3.63, 3.8) is 0 Å². The summed E-state index contributed by atoms with van der Waals surface area (Å²) in [6, 6.07) is 10.5. The third kappa shape index (κ3) is 3.26. The summed E-state index contributed by atoms with van der Waals surface area (Å²) in [5.74, 6) is 0.00975. The minimum atomic E-state index is -0.458. The van der Waals surface area contributed by atoms with Gasteiger partial charge >= 0.3 is 0 Å². The molecule has 0 saturated carbocycles. The molecule has 0 atom stereocenters. The molecule has 6 rings (SSSR count). The number of hydrogen-bond acceptors (Lipinski definition) is 4. The molecule has 0 saturated heterocycles. The van der Waals surface area contributed by atoms with E-state index in [4.69, 9.17) is 0 Å². The number of aryl methyl sites for hydroxylation is 2. The summed E-state index contributed by atoms with van der Waals surface area (Å²) in [5.41, 5.74) is 5.73. The molecular formula is C26H21FN6O. The third-order valence-corrected chi connectivity index (χ3v) is 6.12. The van der Waals surface area contributed by atoms with Crippen LogP contribution in [0.3, 0.4) is 0 Å². The van der Waals surface area contributed by atoms with Crippen LogP contribution in [0.25, 0.3) is 22.7 Å². The summed E-state index contributed by atoms with van der Waals surface area (Å²) in [4.78, 5) is 28.8. The zero-order valence-electron chi connectivity index (χ0n) is 18.7. The molecule has 0 fully saturated rings. The summed E-state index contributed by atoms with van der Waals surface area (Å²) in [5, 5.41) is 0. The molecule has 7 nitrogen and oxygen atoms in total. The number of nitrogens with zero attached hydrogens (tertiary/aromatic N) is 6. The first-order valence-electron chi connectivity index (χ1n) is 11.0. The van der Waals surface area contributed by atoms with Crippen molar-refractivity contribution in [3.05, 3.63) is 101 Å². The molecule has 0 N–H and O–H groups in total. The van der Waals surface area contributed by atoms with Crippen molar-refractivity contribution in [1.29, 1.82) is 0 Å². The highest BCUT2D eigenvalue weighted by Gasteiger charge is 2.30. The van der Waals surface area contributed by atoms with Gasteiger partial charge in [-0.15, -0.1) is 0 Å². The number of hydrogen-bond donors (Lipinski definition) is 0. The van der Waals surface area contributed by atoms with Crippen LogP contribution in [0.2, 0.25) is 0 Å². The van der Waals surface area contributed by atoms with E-state index >= 15 is 0 Å². The number of halogens is 1. The third-order valence-electron chi connectivity index (χ3n) is 6.12. The molecule has 5 aromatic heterocycles. The predicted octanol–water partition coefficient (Wildman–Crippen LogP) is 4.49. The molecule has 5 aromatic rings. The van der Waals surface area contributed by atoms with Crippen LogP contribution in [0, 0.1) is 19.7 Å². The number of carbonyl (C=O) groups excluding carboxylic acids is 1. The highest BCUT2D eigenvalue weighted by molar-refractivity contribution is 6.07. The van der Waals surface area contributed by atoms with Crippen molar-refractivity contribution in [2.75, 3.05) is 0 Å². The lowest BCUT2D eigenvalue weighted by Gasteiger charge is -2.17. The molecule has 0 radical (unpaired) electrons. The van der Waals surface area contributed by atoms with Crippen molar-refractivity contribution < 1.29 is 9.18 Å². The van der Waals surface area contributed by atoms with Gasteiger partial charge in [0, 0.05) is 61.0 Å². The molecule has 1 aliphatic heterocycles. The van der Waals surface area contributed by atoms with E-state index in [1.165, 1.54) is 12.3 Å². The van der Waals surface area contributed by atoms with Gasteiger partial charge in [-0.25, -0.2) is 14.4 Å². The number of amides is 1. The van der Waals surface area contributed by atoms with Gasteiger partial charge < -0.3 is 9.30 Å². The Morgan fingerprint density at radius 1 is 0.971 bits per heavy atom. The van der Waals surface area contributed by atoms with E-state index in [-0.39, 0.29) is 11.6 Å². The van der Waals surface area contributed by atoms with Gasteiger partial charge in [0.2, 0.25) is 5.95 Å². The highest BCUT2D eigenvalue weighted by Crippen LogP contribution is 2.33. The largest absolute Gasteiger partial charge is 0.330 e. The van der Waals surface area contributed by atoms with Crippen molar-refractivity contribution in [2.24, 2.45) is 0 Å². The van der Waals surface area contributed by atoms with E-state index in [0.717, 1.165) is 28.0 Å². The molecule has 8 heteroatoms. The van der Waals surface area contributed by atoms with Crippen molar-refractivity contribution in [3.8, 4) is 17.2 Å². The van der Waals surface area contributed by atoms with Crippen LogP contribution in [0.1, 0.15) is 32.9 Å². The molecule has 1 amide bonds. The molecule has 1 aliphatic rings. The Morgan fingerprint density at radius 3 is 2.41 bits per heavy atom. The number of pyridine rings is 2. The van der Waals surface area contributed by atoms with Crippen LogP contribution >= 0.6 is 0 Å². The lowest BCUT2D eigenvalue weighted by atomic mass is 10.1. The summed E-state index contributed by atoms with van der Waals surface area (Å²) in [6.45, 7) is 4.81. The number of fused-ring (bicyclic) bond motifs is 2. The smallest absolute Gasteiger partial charge is 0.257 e. The normalized spacial score (nSPS) is 13.0. The van der Waals surface area contributed by atoms with Gasteiger partial charge in [0.1, 0.15) is 11.5 Å². The van der Waals surface area contributed by atoms with Crippen molar-refractivity contribution in [2.45, 2.75) is 26.9 Å². The first-order chi connectivity index (χ1) is 16.5. The van der Waals surface area contributed by atoms with Gasteiger partial charge in [-0.3, -0.25) is 14.3 Å². The topological polar surface area (TPSA) is 68.3 Å². The molecular weight excluding hydrogens is 431 g/mol. The van der Waals surface area contributed by atoms with E-state index in [1.807, 2.05) is 65.7 Å². The quantitative estimate of drug-likeness (QED) is 0.404. The fourth-order valence-electron chi connectivity index (χ4n) is 4.64. The van der Waals surface area contributed by atoms with Crippen molar-refractivity contribution in [1.82, 2.24) is 28.8 Å². The van der Waals surface area contributed by atoms with E-state index in [0.29, 0.717) is 30.2 Å². The lowest BCUT2D eigenvalue weighted by molar-refractivity contribution is 0.0753. The zero-order valence-corrected chi connectivity index (χ0v) is 18.7. The molecule has 0 aromatic carbocycles. The minimum Gasteiger partial charge on any atom is -0.330 e. The van der Waals surface area contributed by atoms with Gasteiger partial charge in [-0.2, -0.15) is 0 Å². The Balaban J connectivity index is 1.36. The van der Waals surface area contributed by atoms with Crippen LogP contribution in [-0.2, 0) is 13.1 Å². The fraction of sp³-hybridized carbons (Fsp3) is 0.154. The molecule has 0 spiro atoms. The van der Waals surface area contributed by atoms with Gasteiger partial charge in [0.15, 0.2) is 0 Å². The van der Waals surface area contributed by atoms with E-state index in [2.05, 4.69) is 15.0 Å². The number of aromatic nitrogens is 5. The molecule has 0 aliphatic carbocycles. The second kappa shape index (κ2) is 7.62. The molecule has 0 bridgehead atoms. The SMILES string of the molecule is Cc1cc(C)nc(-n2cc3c(c2)CN(C(=O)c2c(-c4ncccc4F)cn4ccccc24)C3)n1. The predicted molar refractivity (Wildman–Crippen MR) is 125 cm³/mol. The van der Waals surface area contributed by atoms with E-state index < -0.39 is 5.82 Å². The van der Waals surface area contributed by atoms with Crippen LogP contribution in [0.4, 0.5) is 4.39 Å². The van der Waals surface area contributed by atoms with Crippen LogP contribution < -0.4 is 0 Å². The molecule has 168 valence electrons. The number of rotatable bonds is 3. The van der Waals surface area contributed by atoms with Gasteiger partial charge in [-0.1, -0.05) is 6.07 Å². The minimum absolute atomic E-state index is 0.154. The Hall–Kier alpha value is -4.33. The fourth-order valence-corrected chi connectivity index (χ4v) is 4.64. The maximum atomic E-state index is 14.6. The van der Waals surface area contributed by atoms with Crippen LogP contribution in [0.15, 0.2) is 67.4 Å². The monoisotopic (exact) mass is 452 g/mol. The van der Waals surface area contributed by atoms with Gasteiger partial charge in [0.05, 0.1) is 11.1 Å². The summed E-state index contributed by atoms with van der Waals surface area (Å²) >= 11 is 0. The molecule has 0 unspecified atom stereocenters. The van der Waals surface area contributed by atoms with Gasteiger partial charge in [-0.05, 0) is 55.3 Å². The molecule has 6 heterocycles. The van der Waals surface area contributed by atoms with E-state index in [9.17, 15) is 9.18 Å². The maximum absolute atomic E-state index is 14.6.